The summed E-state index contributed by atoms with van der Waals surface area (Å²) in [6, 6.07) is 20.5. The van der Waals surface area contributed by atoms with Gasteiger partial charge in [-0.1, -0.05) is 120 Å². The standard InChI is InChI=1S/C39H56O7Si/c1-29-34(27-21-13-11-9-10-12-14-22-28-44-30(2)40)39(45-31(3)41,37(43-8)36(42-7)35(29)38(4,5)6)46-47(32-23-17-15-18-24-32)33-25-19-16-20-26-33/h15-20,23-26,37,47H,9-14,21-22,27-28H2,1-8H3. The summed E-state index contributed by atoms with van der Waals surface area (Å²) in [5.41, 5.74) is 2.77. The lowest BCUT2D eigenvalue weighted by Crippen LogP contribution is -2.61. The molecule has 3 rings (SSSR count). The molecular formula is C39H56O7Si. The highest BCUT2D eigenvalue weighted by Gasteiger charge is 2.56. The fourth-order valence-electron chi connectivity index (χ4n) is 6.75. The second-order valence-electron chi connectivity index (χ2n) is 13.4. The summed E-state index contributed by atoms with van der Waals surface area (Å²) >= 11 is 0. The van der Waals surface area contributed by atoms with E-state index in [2.05, 4.69) is 52.0 Å². The van der Waals surface area contributed by atoms with E-state index >= 15 is 0 Å². The number of carbonyl (C=O) groups is 2. The Morgan fingerprint density at radius 1 is 0.766 bits per heavy atom. The lowest BCUT2D eigenvalue weighted by molar-refractivity contribution is -0.221. The Morgan fingerprint density at radius 2 is 1.28 bits per heavy atom. The van der Waals surface area contributed by atoms with E-state index in [4.69, 9.17) is 23.4 Å². The van der Waals surface area contributed by atoms with Crippen LogP contribution in [0, 0.1) is 5.41 Å². The molecule has 7 nitrogen and oxygen atoms in total. The van der Waals surface area contributed by atoms with Crippen molar-refractivity contribution in [2.75, 3.05) is 20.8 Å². The summed E-state index contributed by atoms with van der Waals surface area (Å²) in [6.45, 7) is 12.0. The van der Waals surface area contributed by atoms with Gasteiger partial charge in [-0.25, -0.2) is 0 Å². The smallest absolute Gasteiger partial charge is 0.305 e. The Balaban J connectivity index is 1.98. The molecule has 0 N–H and O–H groups in total. The molecule has 258 valence electrons. The predicted molar refractivity (Wildman–Crippen MR) is 190 cm³/mol. The second-order valence-corrected chi connectivity index (χ2v) is 15.7. The highest BCUT2D eigenvalue weighted by Crippen LogP contribution is 2.49. The fraction of sp³-hybridized carbons (Fsp3) is 0.538. The van der Waals surface area contributed by atoms with Crippen molar-refractivity contribution in [3.63, 3.8) is 0 Å². The molecule has 0 aliphatic heterocycles. The molecule has 0 heterocycles. The van der Waals surface area contributed by atoms with Crippen molar-refractivity contribution in [2.45, 2.75) is 111 Å². The molecule has 47 heavy (non-hydrogen) atoms. The van der Waals surface area contributed by atoms with Crippen LogP contribution in [0.3, 0.4) is 0 Å². The zero-order valence-corrected chi connectivity index (χ0v) is 31.0. The van der Waals surface area contributed by atoms with E-state index in [-0.39, 0.29) is 11.4 Å². The number of benzene rings is 2. The number of ether oxygens (including phenoxy) is 4. The minimum Gasteiger partial charge on any atom is -0.498 e. The highest BCUT2D eigenvalue weighted by atomic mass is 28.3. The van der Waals surface area contributed by atoms with Crippen LogP contribution in [0.1, 0.15) is 99.3 Å². The Bertz CT molecular complexity index is 1310. The first kappa shape index (κ1) is 38.2. The van der Waals surface area contributed by atoms with Crippen molar-refractivity contribution in [2.24, 2.45) is 5.41 Å². The largest absolute Gasteiger partial charge is 0.498 e. The zero-order chi connectivity index (χ0) is 34.5. The average molecular weight is 665 g/mol. The van der Waals surface area contributed by atoms with Crippen LogP contribution in [0.25, 0.3) is 0 Å². The molecule has 0 bridgehead atoms. The summed E-state index contributed by atoms with van der Waals surface area (Å²) < 4.78 is 31.3. The van der Waals surface area contributed by atoms with Gasteiger partial charge in [-0.2, -0.15) is 0 Å². The summed E-state index contributed by atoms with van der Waals surface area (Å²) in [4.78, 5) is 24.0. The maximum atomic E-state index is 13.1. The van der Waals surface area contributed by atoms with Gasteiger partial charge in [-0.3, -0.25) is 9.59 Å². The lowest BCUT2D eigenvalue weighted by atomic mass is 9.72. The number of carbonyl (C=O) groups excluding carboxylic acids is 2. The number of allylic oxidation sites excluding steroid dienone is 2. The maximum absolute atomic E-state index is 13.1. The first-order chi connectivity index (χ1) is 22.5. The Morgan fingerprint density at radius 3 is 1.72 bits per heavy atom. The van der Waals surface area contributed by atoms with Gasteiger partial charge in [-0.05, 0) is 47.5 Å². The zero-order valence-electron chi connectivity index (χ0n) is 29.9. The minimum absolute atomic E-state index is 0.213. The van der Waals surface area contributed by atoms with Crippen LogP contribution in [0.5, 0.6) is 0 Å². The number of unbranched alkanes of at least 4 members (excludes halogenated alkanes) is 7. The van der Waals surface area contributed by atoms with Crippen LogP contribution in [0.4, 0.5) is 0 Å². The third kappa shape index (κ3) is 10.4. The van der Waals surface area contributed by atoms with E-state index in [1.165, 1.54) is 13.8 Å². The van der Waals surface area contributed by atoms with Gasteiger partial charge >= 0.3 is 11.9 Å². The first-order valence-corrected chi connectivity index (χ1v) is 18.7. The van der Waals surface area contributed by atoms with E-state index in [0.717, 1.165) is 78.5 Å². The second kappa shape index (κ2) is 18.4. The van der Waals surface area contributed by atoms with E-state index in [0.29, 0.717) is 18.8 Å². The van der Waals surface area contributed by atoms with Crippen molar-refractivity contribution >= 4 is 31.4 Å². The van der Waals surface area contributed by atoms with Crippen molar-refractivity contribution < 1.29 is 33.0 Å². The number of methoxy groups -OCH3 is 2. The summed E-state index contributed by atoms with van der Waals surface area (Å²) in [5, 5.41) is 2.16. The number of esters is 2. The molecule has 8 heteroatoms. The molecule has 0 aromatic heterocycles. The van der Waals surface area contributed by atoms with Crippen LogP contribution in [-0.2, 0) is 33.0 Å². The third-order valence-electron chi connectivity index (χ3n) is 8.70. The van der Waals surface area contributed by atoms with Gasteiger partial charge in [0.15, 0.2) is 6.10 Å². The van der Waals surface area contributed by atoms with Gasteiger partial charge < -0.3 is 23.4 Å². The highest BCUT2D eigenvalue weighted by molar-refractivity contribution is 6.80. The Hall–Kier alpha value is -3.20. The van der Waals surface area contributed by atoms with Gasteiger partial charge in [0.25, 0.3) is 5.79 Å². The quantitative estimate of drug-likeness (QED) is 0.0724. The van der Waals surface area contributed by atoms with E-state index in [9.17, 15) is 9.59 Å². The predicted octanol–water partition coefficient (Wildman–Crippen LogP) is 7.17. The van der Waals surface area contributed by atoms with Crippen LogP contribution in [0.15, 0.2) is 83.1 Å². The molecule has 0 spiro atoms. The average Bonchev–Trinajstić information content (AvgIpc) is 3.03. The molecule has 2 atom stereocenters. The molecular weight excluding hydrogens is 609 g/mol. The normalized spacial score (nSPS) is 18.4. The summed E-state index contributed by atoms with van der Waals surface area (Å²) in [7, 11) is 0.852. The molecule has 0 saturated carbocycles. The molecule has 0 amide bonds. The van der Waals surface area contributed by atoms with Gasteiger partial charge in [0.1, 0.15) is 5.76 Å². The molecule has 1 aliphatic carbocycles. The molecule has 0 radical (unpaired) electrons. The molecule has 1 aliphatic rings. The molecule has 2 unspecified atom stereocenters. The van der Waals surface area contributed by atoms with Crippen LogP contribution >= 0.6 is 0 Å². The summed E-state index contributed by atoms with van der Waals surface area (Å²) in [6.07, 6.45) is 8.40. The number of hydrogen-bond acceptors (Lipinski definition) is 7. The van der Waals surface area contributed by atoms with Crippen molar-refractivity contribution in [3.8, 4) is 0 Å². The molecule has 2 aromatic carbocycles. The third-order valence-corrected chi connectivity index (χ3v) is 11.3. The van der Waals surface area contributed by atoms with Crippen LogP contribution in [-0.4, -0.2) is 53.7 Å². The van der Waals surface area contributed by atoms with Gasteiger partial charge in [0.05, 0.1) is 13.7 Å². The van der Waals surface area contributed by atoms with Crippen LogP contribution in [0.2, 0.25) is 0 Å². The molecule has 0 fully saturated rings. The molecule has 0 saturated heterocycles. The Kier molecular flexibility index (Phi) is 14.9. The number of rotatable bonds is 18. The molecule has 2 aromatic rings. The van der Waals surface area contributed by atoms with Crippen molar-refractivity contribution in [3.05, 3.63) is 83.1 Å². The van der Waals surface area contributed by atoms with Crippen LogP contribution < -0.4 is 10.4 Å². The number of hydrogen-bond donors (Lipinski definition) is 0. The van der Waals surface area contributed by atoms with E-state index in [1.807, 2.05) is 36.4 Å². The van der Waals surface area contributed by atoms with E-state index in [1.54, 1.807) is 14.2 Å². The SMILES string of the molecule is COC1=C(C(C)(C)C)C(C)=C(CCCCCCCCCCOC(C)=O)C(OC(C)=O)(O[SiH](c2ccccc2)c2ccccc2)C1OC. The van der Waals surface area contributed by atoms with E-state index < -0.39 is 26.9 Å². The van der Waals surface area contributed by atoms with Gasteiger partial charge in [-0.15, -0.1) is 0 Å². The van der Waals surface area contributed by atoms with Crippen molar-refractivity contribution in [1.82, 2.24) is 0 Å². The summed E-state index contributed by atoms with van der Waals surface area (Å²) in [5.74, 6) is -1.52. The van der Waals surface area contributed by atoms with Gasteiger partial charge in [0.2, 0.25) is 9.04 Å². The lowest BCUT2D eigenvalue weighted by Gasteiger charge is -2.48. The fourth-order valence-corrected chi connectivity index (χ4v) is 9.21. The monoisotopic (exact) mass is 664 g/mol. The topological polar surface area (TPSA) is 80.3 Å². The minimum atomic E-state index is -2.44. The maximum Gasteiger partial charge on any atom is 0.305 e. The van der Waals surface area contributed by atoms with Gasteiger partial charge in [0, 0.05) is 32.1 Å². The Labute approximate surface area is 284 Å². The van der Waals surface area contributed by atoms with Crippen molar-refractivity contribution in [1.29, 1.82) is 0 Å². The first-order valence-electron chi connectivity index (χ1n) is 17.1.